The first-order valence-electron chi connectivity index (χ1n) is 11.2. The number of benzene rings is 1. The molecule has 214 valence electrons. The van der Waals surface area contributed by atoms with Crippen LogP contribution in [0, 0.1) is 0 Å². The van der Waals surface area contributed by atoms with Gasteiger partial charge >= 0.3 is 14.5 Å². The first-order chi connectivity index (χ1) is 16.6. The molecule has 0 bridgehead atoms. The fraction of sp³-hybridized carbons (Fsp3) is 0.636. The zero-order valence-corrected chi connectivity index (χ0v) is 24.2. The highest BCUT2D eigenvalue weighted by Gasteiger charge is 2.68. The maximum absolute atomic E-state index is 16.2. The van der Waals surface area contributed by atoms with Gasteiger partial charge in [0.25, 0.3) is 6.43 Å². The van der Waals surface area contributed by atoms with Crippen LogP contribution in [0.5, 0.6) is 0 Å². The molecule has 6 atom stereocenters. The average molecular weight is 603 g/mol. The zero-order chi connectivity index (χ0) is 29.1. The van der Waals surface area contributed by atoms with Gasteiger partial charge in [-0.1, -0.05) is 36.9 Å². The molecule has 6 unspecified atom stereocenters. The summed E-state index contributed by atoms with van der Waals surface area (Å²) in [4.78, 5) is 0. The summed E-state index contributed by atoms with van der Waals surface area (Å²) < 4.78 is 154. The molecule has 0 heterocycles. The summed E-state index contributed by atoms with van der Waals surface area (Å²) >= 11 is 0. The van der Waals surface area contributed by atoms with Crippen LogP contribution in [-0.2, 0) is 8.23 Å². The Balaban J connectivity index is 3.75. The Morgan fingerprint density at radius 1 is 0.730 bits per heavy atom. The number of hydrogen-bond acceptors (Lipinski definition) is 2. The maximum Gasteiger partial charge on any atom is 0.394 e. The van der Waals surface area contributed by atoms with Gasteiger partial charge in [0, 0.05) is 5.19 Å². The summed E-state index contributed by atoms with van der Waals surface area (Å²) in [7, 11) is -11.2. The van der Waals surface area contributed by atoms with Crippen LogP contribution in [0.3, 0.4) is 0 Å². The van der Waals surface area contributed by atoms with Crippen molar-refractivity contribution in [3.8, 4) is 0 Å². The molecule has 1 rings (SSSR count). The lowest BCUT2D eigenvalue weighted by Crippen LogP contribution is -2.73. The van der Waals surface area contributed by atoms with Gasteiger partial charge < -0.3 is 8.23 Å². The maximum atomic E-state index is 16.2. The van der Waals surface area contributed by atoms with Crippen LogP contribution in [0.1, 0.15) is 5.56 Å². The van der Waals surface area contributed by atoms with Crippen LogP contribution in [0.2, 0.25) is 39.3 Å². The molecule has 0 spiro atoms. The van der Waals surface area contributed by atoms with Crippen molar-refractivity contribution in [3.63, 3.8) is 0 Å². The van der Waals surface area contributed by atoms with E-state index in [1.54, 1.807) is 0 Å². The zero-order valence-electron chi connectivity index (χ0n) is 21.2. The predicted octanol–water partition coefficient (Wildman–Crippen LogP) is 7.15. The third-order valence-electron chi connectivity index (χ3n) is 4.94. The largest absolute Gasteiger partial charge is 0.432 e. The highest BCUT2D eigenvalue weighted by molar-refractivity contribution is 6.95. The Morgan fingerprint density at radius 3 is 1.57 bits per heavy atom. The highest BCUT2D eigenvalue weighted by atomic mass is 28.5. The standard InChI is InChI=1S/C22H32F10O2Si3/c1-8-13-11-9-10-12-14(13)37(33-35(2,3)4,34-36(5,6)7)21(30)22(31,32)19(27)17(25)15(23)16(24)18(26)20(28)29/h8-12,15-21H,1H2,2-7H3. The molecule has 0 aromatic heterocycles. The minimum atomic E-state index is -5.40. The third kappa shape index (κ3) is 8.16. The quantitative estimate of drug-likeness (QED) is 0.166. The van der Waals surface area contributed by atoms with Crippen LogP contribution >= 0.6 is 0 Å². The lowest BCUT2D eigenvalue weighted by molar-refractivity contribution is -0.150. The van der Waals surface area contributed by atoms with Gasteiger partial charge in [0.1, 0.15) is 0 Å². The molecular weight excluding hydrogens is 570 g/mol. The molecule has 0 amide bonds. The number of hydrogen-bond donors (Lipinski definition) is 0. The molecule has 1 aromatic rings. The molecule has 0 aliphatic carbocycles. The fourth-order valence-electron chi connectivity index (χ4n) is 3.53. The SMILES string of the molecule is C=Cc1ccccc1[Si](O[Si](C)(C)C)(O[Si](C)(C)C)C(F)C(F)(F)C(F)C(F)C(F)C(F)C(F)C(F)F. The molecule has 0 fully saturated rings. The highest BCUT2D eigenvalue weighted by Crippen LogP contribution is 2.41. The Bertz CT molecular complexity index is 878. The predicted molar refractivity (Wildman–Crippen MR) is 131 cm³/mol. The van der Waals surface area contributed by atoms with Gasteiger partial charge in [-0.05, 0) is 44.8 Å². The van der Waals surface area contributed by atoms with E-state index in [0.717, 1.165) is 0 Å². The van der Waals surface area contributed by atoms with Crippen LogP contribution in [0.4, 0.5) is 43.9 Å². The molecule has 0 radical (unpaired) electrons. The van der Waals surface area contributed by atoms with Crippen molar-refractivity contribution in [2.24, 2.45) is 0 Å². The van der Waals surface area contributed by atoms with Crippen LogP contribution in [0.15, 0.2) is 30.8 Å². The molecule has 0 aliphatic rings. The Morgan fingerprint density at radius 2 is 1.16 bits per heavy atom. The minimum absolute atomic E-state index is 0.112. The Labute approximate surface area is 213 Å². The molecule has 1 aromatic carbocycles. The Hall–Kier alpha value is -1.17. The molecule has 15 heteroatoms. The van der Waals surface area contributed by atoms with Crippen LogP contribution < -0.4 is 5.19 Å². The summed E-state index contributed by atoms with van der Waals surface area (Å²) in [5, 5.41) is -0.202. The van der Waals surface area contributed by atoms with E-state index in [4.69, 9.17) is 8.23 Å². The average Bonchev–Trinajstić information content (AvgIpc) is 2.78. The van der Waals surface area contributed by atoms with Crippen molar-refractivity contribution in [2.45, 2.75) is 88.3 Å². The third-order valence-corrected chi connectivity index (χ3v) is 14.5. The first-order valence-corrected chi connectivity index (χ1v) is 20.0. The van der Waals surface area contributed by atoms with E-state index in [1.807, 2.05) is 0 Å². The lowest BCUT2D eigenvalue weighted by Gasteiger charge is -2.45. The van der Waals surface area contributed by atoms with Crippen molar-refractivity contribution < 1.29 is 52.1 Å². The van der Waals surface area contributed by atoms with Crippen molar-refractivity contribution in [3.05, 3.63) is 36.4 Å². The molecular formula is C22H32F10O2Si3. The van der Waals surface area contributed by atoms with Gasteiger partial charge in [-0.15, -0.1) is 0 Å². The Kier molecular flexibility index (Phi) is 11.3. The summed E-state index contributed by atoms with van der Waals surface area (Å²) in [5.41, 5.74) is 0.112. The van der Waals surface area contributed by atoms with E-state index in [1.165, 1.54) is 69.6 Å². The monoisotopic (exact) mass is 602 g/mol. The summed E-state index contributed by atoms with van der Waals surface area (Å²) in [5.74, 6) is -9.12. The summed E-state index contributed by atoms with van der Waals surface area (Å²) in [6.07, 6.45) is -23.4. The van der Waals surface area contributed by atoms with Crippen molar-refractivity contribution in [1.29, 1.82) is 0 Å². The summed E-state index contributed by atoms with van der Waals surface area (Å²) in [6, 6.07) is 5.45. The van der Waals surface area contributed by atoms with Gasteiger partial charge in [-0.25, -0.2) is 43.9 Å². The van der Waals surface area contributed by atoms with Gasteiger partial charge in [-0.2, -0.15) is 0 Å². The van der Waals surface area contributed by atoms with E-state index < -0.39 is 74.2 Å². The van der Waals surface area contributed by atoms with Gasteiger partial charge in [0.05, 0.1) is 0 Å². The van der Waals surface area contributed by atoms with Gasteiger partial charge in [-0.3, -0.25) is 0 Å². The van der Waals surface area contributed by atoms with Crippen molar-refractivity contribution >= 4 is 36.5 Å². The second-order valence-electron chi connectivity index (χ2n) is 10.4. The molecule has 0 saturated heterocycles. The fourth-order valence-corrected chi connectivity index (χ4v) is 14.9. The molecule has 0 aliphatic heterocycles. The smallest absolute Gasteiger partial charge is 0.394 e. The minimum Gasteiger partial charge on any atom is -0.432 e. The summed E-state index contributed by atoms with van der Waals surface area (Å²) in [6.45, 7) is 12.7. The van der Waals surface area contributed by atoms with Crippen molar-refractivity contribution in [1.82, 2.24) is 0 Å². The second-order valence-corrected chi connectivity index (χ2v) is 22.9. The van der Waals surface area contributed by atoms with Gasteiger partial charge in [0.2, 0.25) is 12.0 Å². The first kappa shape index (κ1) is 33.9. The van der Waals surface area contributed by atoms with E-state index in [2.05, 4.69) is 6.58 Å². The van der Waals surface area contributed by atoms with E-state index in [0.29, 0.717) is 0 Å². The molecule has 0 N–H and O–H groups in total. The van der Waals surface area contributed by atoms with E-state index in [9.17, 15) is 30.7 Å². The topological polar surface area (TPSA) is 18.5 Å². The number of alkyl halides is 10. The number of rotatable bonds is 14. The van der Waals surface area contributed by atoms with E-state index >= 15 is 13.2 Å². The molecule has 37 heavy (non-hydrogen) atoms. The van der Waals surface area contributed by atoms with Gasteiger partial charge in [0.15, 0.2) is 41.3 Å². The molecule has 2 nitrogen and oxygen atoms in total. The lowest BCUT2D eigenvalue weighted by atomic mass is 10.0. The van der Waals surface area contributed by atoms with Crippen LogP contribution in [0.25, 0.3) is 6.08 Å². The van der Waals surface area contributed by atoms with Crippen molar-refractivity contribution in [2.75, 3.05) is 0 Å². The van der Waals surface area contributed by atoms with Crippen LogP contribution in [-0.4, -0.2) is 74.2 Å². The van der Waals surface area contributed by atoms with E-state index in [-0.39, 0.29) is 10.8 Å². The second kappa shape index (κ2) is 12.3. The molecule has 0 saturated carbocycles. The number of halogens is 10. The normalized spacial score (nSPS) is 18.7.